The maximum Gasteiger partial charge on any atom is 0.410 e. The Morgan fingerprint density at radius 3 is 2.63 bits per heavy atom. The van der Waals surface area contributed by atoms with Gasteiger partial charge in [-0.25, -0.2) is 4.79 Å². The zero-order valence-corrected chi connectivity index (χ0v) is 16.4. The molecule has 1 spiro atoms. The van der Waals surface area contributed by atoms with Crippen LogP contribution in [0.4, 0.5) is 4.79 Å². The number of aromatic hydroxyl groups is 1. The number of rotatable bonds is 6. The van der Waals surface area contributed by atoms with Crippen LogP contribution in [0.2, 0.25) is 0 Å². The number of carbonyl (C=O) groups excluding carboxylic acids is 2. The van der Waals surface area contributed by atoms with E-state index in [9.17, 15) is 14.7 Å². The van der Waals surface area contributed by atoms with E-state index in [1.165, 1.54) is 12.8 Å². The van der Waals surface area contributed by atoms with Crippen molar-refractivity contribution >= 4 is 12.0 Å². The highest BCUT2D eigenvalue weighted by atomic mass is 16.6. The number of hydrogen-bond donors (Lipinski definition) is 1. The molecule has 2 heterocycles. The Balaban J connectivity index is 1.54. The third-order valence-corrected chi connectivity index (χ3v) is 5.73. The maximum absolute atomic E-state index is 12.7. The van der Waals surface area contributed by atoms with Crippen LogP contribution in [0.1, 0.15) is 61.4 Å². The molecule has 2 amide bonds. The van der Waals surface area contributed by atoms with Crippen LogP contribution in [0.5, 0.6) is 5.75 Å². The first-order valence-corrected chi connectivity index (χ1v) is 10.0. The second kappa shape index (κ2) is 8.19. The topological polar surface area (TPSA) is 70.1 Å². The highest BCUT2D eigenvalue weighted by Gasteiger charge is 2.47. The van der Waals surface area contributed by atoms with E-state index in [0.29, 0.717) is 43.6 Å². The summed E-state index contributed by atoms with van der Waals surface area (Å²) in [5.74, 6) is 0.162. The van der Waals surface area contributed by atoms with Crippen LogP contribution in [0, 0.1) is 6.92 Å². The molecule has 3 rings (SSSR count). The van der Waals surface area contributed by atoms with Gasteiger partial charge in [0.2, 0.25) is 0 Å². The fourth-order valence-corrected chi connectivity index (χ4v) is 3.94. The second-order valence-electron chi connectivity index (χ2n) is 7.83. The number of amides is 2. The van der Waals surface area contributed by atoms with E-state index in [1.807, 2.05) is 9.80 Å². The fraction of sp³-hybridized carbons (Fsp3) is 0.619. The van der Waals surface area contributed by atoms with Gasteiger partial charge < -0.3 is 19.6 Å². The summed E-state index contributed by atoms with van der Waals surface area (Å²) < 4.78 is 5.74. The molecule has 0 aromatic heterocycles. The number of benzene rings is 1. The minimum absolute atomic E-state index is 0.0336. The largest absolute Gasteiger partial charge is 0.508 e. The van der Waals surface area contributed by atoms with Crippen molar-refractivity contribution in [3.05, 3.63) is 29.3 Å². The molecule has 27 heavy (non-hydrogen) atoms. The smallest absolute Gasteiger partial charge is 0.410 e. The van der Waals surface area contributed by atoms with Crippen molar-refractivity contribution in [2.24, 2.45) is 0 Å². The molecule has 148 valence electrons. The van der Waals surface area contributed by atoms with Gasteiger partial charge >= 0.3 is 6.09 Å². The summed E-state index contributed by atoms with van der Waals surface area (Å²) in [6.45, 7) is 6.51. The first kappa shape index (κ1) is 19.5. The van der Waals surface area contributed by atoms with Crippen LogP contribution in [0.15, 0.2) is 18.2 Å². The normalized spacial score (nSPS) is 18.8. The lowest BCUT2D eigenvalue weighted by molar-refractivity contribution is 0.00313. The first-order valence-electron chi connectivity index (χ1n) is 10.0. The van der Waals surface area contributed by atoms with Gasteiger partial charge in [-0.05, 0) is 37.1 Å². The number of nitrogens with zero attached hydrogens (tertiary/aromatic N) is 2. The molecule has 0 radical (unpaired) electrons. The lowest BCUT2D eigenvalue weighted by Gasteiger charge is -2.37. The average molecular weight is 374 g/mol. The van der Waals surface area contributed by atoms with Crippen molar-refractivity contribution in [1.29, 1.82) is 0 Å². The predicted molar refractivity (Wildman–Crippen MR) is 103 cm³/mol. The number of phenolic OH excluding ortho intramolecular Hbond substituents is 1. The van der Waals surface area contributed by atoms with Gasteiger partial charge in [0, 0.05) is 38.0 Å². The molecule has 0 unspecified atom stereocenters. The van der Waals surface area contributed by atoms with Gasteiger partial charge in [0.15, 0.2) is 0 Å². The number of ether oxygens (including phenoxy) is 1. The van der Waals surface area contributed by atoms with Crippen molar-refractivity contribution in [2.45, 2.75) is 58.0 Å². The van der Waals surface area contributed by atoms with Gasteiger partial charge in [0.1, 0.15) is 11.4 Å². The third-order valence-electron chi connectivity index (χ3n) is 5.73. The molecule has 6 nitrogen and oxygen atoms in total. The van der Waals surface area contributed by atoms with Crippen LogP contribution < -0.4 is 0 Å². The van der Waals surface area contributed by atoms with Gasteiger partial charge in [-0.1, -0.05) is 26.2 Å². The molecule has 6 heteroatoms. The van der Waals surface area contributed by atoms with E-state index in [1.54, 1.807) is 25.1 Å². The van der Waals surface area contributed by atoms with Gasteiger partial charge in [-0.15, -0.1) is 0 Å². The number of phenols is 1. The van der Waals surface area contributed by atoms with E-state index in [4.69, 9.17) is 4.74 Å². The number of aryl methyl sites for hydroxylation is 1. The maximum atomic E-state index is 12.7. The first-order chi connectivity index (χ1) is 12.9. The summed E-state index contributed by atoms with van der Waals surface area (Å²) >= 11 is 0. The highest BCUT2D eigenvalue weighted by molar-refractivity contribution is 5.94. The Labute approximate surface area is 161 Å². The summed E-state index contributed by atoms with van der Waals surface area (Å²) in [6, 6.07) is 4.93. The lowest BCUT2D eigenvalue weighted by atomic mass is 9.91. The SMILES string of the molecule is CCCCCCN1CC2(CCN(C(=O)c3ccc(O)c(C)c3)CC2)OC1=O. The van der Waals surface area contributed by atoms with Crippen molar-refractivity contribution < 1.29 is 19.4 Å². The van der Waals surface area contributed by atoms with Crippen LogP contribution in [-0.4, -0.2) is 58.7 Å². The molecule has 2 aliphatic rings. The van der Waals surface area contributed by atoms with Crippen molar-refractivity contribution in [2.75, 3.05) is 26.2 Å². The summed E-state index contributed by atoms with van der Waals surface area (Å²) in [6.07, 6.45) is 5.67. The van der Waals surface area contributed by atoms with Crippen molar-refractivity contribution in [3.63, 3.8) is 0 Å². The highest BCUT2D eigenvalue weighted by Crippen LogP contribution is 2.34. The quantitative estimate of drug-likeness (QED) is 0.771. The minimum atomic E-state index is -0.441. The standard InChI is InChI=1S/C21H30N2O4/c1-3-4-5-6-11-23-15-21(27-20(23)26)9-12-22(13-10-21)19(25)17-7-8-18(24)16(2)14-17/h7-8,14,24H,3-6,9-13,15H2,1-2H3. The van der Waals surface area contributed by atoms with Gasteiger partial charge in [0.05, 0.1) is 6.54 Å². The van der Waals surface area contributed by atoms with Crippen LogP contribution >= 0.6 is 0 Å². The zero-order valence-electron chi connectivity index (χ0n) is 16.4. The molecule has 0 aliphatic carbocycles. The molecule has 1 aromatic rings. The monoisotopic (exact) mass is 374 g/mol. The van der Waals surface area contributed by atoms with E-state index < -0.39 is 5.60 Å². The molecule has 2 saturated heterocycles. The van der Waals surface area contributed by atoms with Gasteiger partial charge in [-0.3, -0.25) is 4.79 Å². The van der Waals surface area contributed by atoms with E-state index in [0.717, 1.165) is 19.4 Å². The lowest BCUT2D eigenvalue weighted by Crippen LogP contribution is -2.48. The van der Waals surface area contributed by atoms with Crippen LogP contribution in [0.3, 0.4) is 0 Å². The third kappa shape index (κ3) is 4.37. The van der Waals surface area contributed by atoms with E-state index in [-0.39, 0.29) is 17.7 Å². The molecule has 1 aromatic carbocycles. The zero-order chi connectivity index (χ0) is 19.4. The van der Waals surface area contributed by atoms with Gasteiger partial charge in [0.25, 0.3) is 5.91 Å². The second-order valence-corrected chi connectivity index (χ2v) is 7.83. The Kier molecular flexibility index (Phi) is 5.92. The molecule has 0 atom stereocenters. The number of unbranched alkanes of at least 4 members (excludes halogenated alkanes) is 3. The number of piperidine rings is 1. The molecular formula is C21H30N2O4. The summed E-state index contributed by atoms with van der Waals surface area (Å²) in [5.41, 5.74) is 0.837. The number of hydrogen-bond acceptors (Lipinski definition) is 4. The Hall–Kier alpha value is -2.24. The Morgan fingerprint density at radius 2 is 1.96 bits per heavy atom. The molecule has 1 N–H and O–H groups in total. The molecule has 0 bridgehead atoms. The number of likely N-dealkylation sites (tertiary alicyclic amines) is 1. The summed E-state index contributed by atoms with van der Waals surface area (Å²) in [4.78, 5) is 28.6. The Bertz CT molecular complexity index is 695. The van der Waals surface area contributed by atoms with E-state index >= 15 is 0 Å². The molecule has 2 fully saturated rings. The average Bonchev–Trinajstić information content (AvgIpc) is 2.96. The Morgan fingerprint density at radius 1 is 1.22 bits per heavy atom. The molecule has 0 saturated carbocycles. The summed E-state index contributed by atoms with van der Waals surface area (Å²) in [7, 11) is 0. The fourth-order valence-electron chi connectivity index (χ4n) is 3.94. The predicted octanol–water partition coefficient (Wildman–Crippen LogP) is 3.71. The number of carbonyl (C=O) groups is 2. The van der Waals surface area contributed by atoms with E-state index in [2.05, 4.69) is 6.92 Å². The van der Waals surface area contributed by atoms with Crippen molar-refractivity contribution in [3.8, 4) is 5.75 Å². The molecule has 2 aliphatic heterocycles. The summed E-state index contributed by atoms with van der Waals surface area (Å²) in [5, 5.41) is 9.64. The van der Waals surface area contributed by atoms with Crippen LogP contribution in [0.25, 0.3) is 0 Å². The molecular weight excluding hydrogens is 344 g/mol. The van der Waals surface area contributed by atoms with Crippen molar-refractivity contribution in [1.82, 2.24) is 9.80 Å². The minimum Gasteiger partial charge on any atom is -0.508 e. The van der Waals surface area contributed by atoms with Crippen LogP contribution in [-0.2, 0) is 4.74 Å². The van der Waals surface area contributed by atoms with Gasteiger partial charge in [-0.2, -0.15) is 0 Å².